The number of piperidine rings is 1. The minimum Gasteiger partial charge on any atom is -0.440 e. The van der Waals surface area contributed by atoms with Crippen LogP contribution in [-0.2, 0) is 16.1 Å². The number of anilines is 2. The molecule has 1 saturated heterocycles. The van der Waals surface area contributed by atoms with Crippen LogP contribution >= 0.6 is 0 Å². The number of hydrogen-bond acceptors (Lipinski definition) is 8. The second-order valence-corrected chi connectivity index (χ2v) is 10.2. The lowest BCUT2D eigenvalue weighted by atomic mass is 10.0. The molecule has 5 rings (SSSR count). The van der Waals surface area contributed by atoms with Gasteiger partial charge < -0.3 is 23.8 Å². The number of carbonyl (C=O) groups is 1. The molecule has 4 aromatic rings. The van der Waals surface area contributed by atoms with Gasteiger partial charge in [0.2, 0.25) is 24.6 Å². The van der Waals surface area contributed by atoms with E-state index in [2.05, 4.69) is 30.4 Å². The highest BCUT2D eigenvalue weighted by atomic mass is 19.1. The van der Waals surface area contributed by atoms with Crippen LogP contribution in [0, 0.1) is 11.7 Å². The lowest BCUT2D eigenvalue weighted by Gasteiger charge is -2.37. The molecule has 0 spiro atoms. The van der Waals surface area contributed by atoms with Gasteiger partial charge >= 0.3 is 5.97 Å². The Balaban J connectivity index is 1.24. The molecule has 10 heteroatoms. The molecule has 210 valence electrons. The number of carbonyl (C=O) groups excluding carboxylic acids is 1. The molecule has 1 unspecified atom stereocenters. The fourth-order valence-corrected chi connectivity index (χ4v) is 4.89. The zero-order valence-electron chi connectivity index (χ0n) is 23.2. The van der Waals surface area contributed by atoms with E-state index in [4.69, 9.17) is 14.5 Å². The van der Waals surface area contributed by atoms with Crippen LogP contribution < -0.4 is 14.5 Å². The average molecular weight is 547 g/mol. The zero-order valence-corrected chi connectivity index (χ0v) is 23.2. The molecular formula is C30H35FN6O3. The number of aromatic nitrogens is 4. The Hall–Kier alpha value is -4.21. The summed E-state index contributed by atoms with van der Waals surface area (Å²) in [4.78, 5) is 30.2. The number of imidazole rings is 1. The Morgan fingerprint density at radius 2 is 1.85 bits per heavy atom. The van der Waals surface area contributed by atoms with Crippen LogP contribution in [0.3, 0.4) is 0 Å². The molecule has 0 bridgehead atoms. The number of rotatable bonds is 10. The van der Waals surface area contributed by atoms with Gasteiger partial charge in [0.05, 0.1) is 23.5 Å². The number of benzene rings is 2. The van der Waals surface area contributed by atoms with E-state index < -0.39 is 0 Å². The van der Waals surface area contributed by atoms with Gasteiger partial charge in [-0.15, -0.1) is 0 Å². The van der Waals surface area contributed by atoms with Crippen LogP contribution in [0.5, 0.6) is 5.88 Å². The quantitative estimate of drug-likeness (QED) is 0.202. The zero-order chi connectivity index (χ0) is 28.1. The van der Waals surface area contributed by atoms with E-state index in [1.807, 2.05) is 51.2 Å². The Morgan fingerprint density at radius 3 is 2.60 bits per heavy atom. The summed E-state index contributed by atoms with van der Waals surface area (Å²) in [6.07, 6.45) is 4.17. The van der Waals surface area contributed by atoms with E-state index >= 15 is 0 Å². The number of nitrogens with zero attached hydrogens (tertiary/aromatic N) is 6. The molecule has 2 aromatic carbocycles. The van der Waals surface area contributed by atoms with Crippen molar-refractivity contribution in [2.24, 2.45) is 5.92 Å². The third-order valence-corrected chi connectivity index (χ3v) is 7.54. The van der Waals surface area contributed by atoms with Crippen molar-refractivity contribution in [1.82, 2.24) is 19.5 Å². The van der Waals surface area contributed by atoms with E-state index in [0.717, 1.165) is 48.5 Å². The maximum atomic E-state index is 13.5. The third kappa shape index (κ3) is 6.16. The van der Waals surface area contributed by atoms with Crippen LogP contribution in [0.2, 0.25) is 0 Å². The van der Waals surface area contributed by atoms with E-state index in [0.29, 0.717) is 24.8 Å². The molecule has 1 atom stereocenters. The average Bonchev–Trinajstić information content (AvgIpc) is 3.35. The first-order valence-corrected chi connectivity index (χ1v) is 13.7. The van der Waals surface area contributed by atoms with Gasteiger partial charge in [-0.05, 0) is 49.1 Å². The van der Waals surface area contributed by atoms with Crippen molar-refractivity contribution in [1.29, 1.82) is 0 Å². The first-order valence-electron chi connectivity index (χ1n) is 13.7. The van der Waals surface area contributed by atoms with Gasteiger partial charge in [0.15, 0.2) is 0 Å². The Kier molecular flexibility index (Phi) is 8.42. The molecule has 0 amide bonds. The number of hydrogen-bond donors (Lipinski definition) is 0. The molecule has 0 aliphatic carbocycles. The van der Waals surface area contributed by atoms with Gasteiger partial charge in [0.1, 0.15) is 5.82 Å². The molecule has 0 saturated carbocycles. The van der Waals surface area contributed by atoms with Crippen molar-refractivity contribution in [3.8, 4) is 5.88 Å². The summed E-state index contributed by atoms with van der Waals surface area (Å²) >= 11 is 0. The standard InChI is InChI=1S/C30H35FN6O3/c1-4-21(2)28(38)40-20-39-27-13-16-32-29(34-27)35(3)24-14-17-36(18-15-24)30-33-25-7-5-6-8-26(25)37(30)19-22-9-11-23(31)12-10-22/h5-13,16,21,24H,4,14-15,17-20H2,1-3H3. The van der Waals surface area contributed by atoms with Gasteiger partial charge in [0.25, 0.3) is 0 Å². The highest BCUT2D eigenvalue weighted by Crippen LogP contribution is 2.28. The number of fused-ring (bicyclic) bond motifs is 1. The van der Waals surface area contributed by atoms with E-state index in [-0.39, 0.29) is 30.5 Å². The van der Waals surface area contributed by atoms with Gasteiger partial charge in [0, 0.05) is 38.4 Å². The van der Waals surface area contributed by atoms with Crippen molar-refractivity contribution in [2.75, 3.05) is 36.7 Å². The van der Waals surface area contributed by atoms with Crippen LogP contribution in [0.15, 0.2) is 60.8 Å². The number of para-hydroxylation sites is 2. The number of ether oxygens (including phenoxy) is 2. The van der Waals surface area contributed by atoms with Crippen molar-refractivity contribution in [3.05, 3.63) is 72.2 Å². The van der Waals surface area contributed by atoms with Crippen molar-refractivity contribution in [2.45, 2.75) is 45.7 Å². The second kappa shape index (κ2) is 12.3. The van der Waals surface area contributed by atoms with Crippen molar-refractivity contribution < 1.29 is 18.7 Å². The Morgan fingerprint density at radius 1 is 1.10 bits per heavy atom. The summed E-state index contributed by atoms with van der Waals surface area (Å²) < 4.78 is 26.4. The normalized spacial score (nSPS) is 14.8. The Labute approximate surface area is 233 Å². The Bertz CT molecular complexity index is 1440. The van der Waals surface area contributed by atoms with E-state index in [1.54, 1.807) is 12.3 Å². The predicted octanol–water partition coefficient (Wildman–Crippen LogP) is 5.04. The van der Waals surface area contributed by atoms with Crippen LogP contribution in [-0.4, -0.2) is 58.5 Å². The third-order valence-electron chi connectivity index (χ3n) is 7.54. The van der Waals surface area contributed by atoms with E-state index in [9.17, 15) is 9.18 Å². The summed E-state index contributed by atoms with van der Waals surface area (Å²) in [5, 5.41) is 0. The highest BCUT2D eigenvalue weighted by molar-refractivity contribution is 5.79. The van der Waals surface area contributed by atoms with Gasteiger partial charge in [-0.3, -0.25) is 4.79 Å². The SMILES string of the molecule is CCC(C)C(=O)OCOc1ccnc(N(C)C2CCN(c3nc4ccccc4n3Cc3ccc(F)cc3)CC2)n1. The summed E-state index contributed by atoms with van der Waals surface area (Å²) in [5.41, 5.74) is 3.02. The lowest BCUT2D eigenvalue weighted by molar-refractivity contribution is -0.154. The van der Waals surface area contributed by atoms with Gasteiger partial charge in [-0.1, -0.05) is 38.1 Å². The second-order valence-electron chi connectivity index (χ2n) is 10.2. The van der Waals surface area contributed by atoms with Crippen LogP contribution in [0.1, 0.15) is 38.7 Å². The number of halogens is 1. The molecule has 0 N–H and O–H groups in total. The summed E-state index contributed by atoms with van der Waals surface area (Å²) in [7, 11) is 1.99. The van der Waals surface area contributed by atoms with Gasteiger partial charge in [-0.25, -0.2) is 14.4 Å². The lowest BCUT2D eigenvalue weighted by Crippen LogP contribution is -2.44. The molecule has 2 aromatic heterocycles. The minimum atomic E-state index is -0.285. The molecule has 3 heterocycles. The van der Waals surface area contributed by atoms with Crippen LogP contribution in [0.4, 0.5) is 16.3 Å². The highest BCUT2D eigenvalue weighted by Gasteiger charge is 2.27. The van der Waals surface area contributed by atoms with E-state index in [1.165, 1.54) is 12.1 Å². The molecule has 1 aliphatic rings. The first-order chi connectivity index (χ1) is 19.4. The molecule has 40 heavy (non-hydrogen) atoms. The molecule has 0 radical (unpaired) electrons. The summed E-state index contributed by atoms with van der Waals surface area (Å²) in [6, 6.07) is 16.7. The topological polar surface area (TPSA) is 85.6 Å². The minimum absolute atomic E-state index is 0.166. The molecule has 9 nitrogen and oxygen atoms in total. The smallest absolute Gasteiger partial charge is 0.311 e. The monoisotopic (exact) mass is 546 g/mol. The van der Waals surface area contributed by atoms with Crippen molar-refractivity contribution in [3.63, 3.8) is 0 Å². The predicted molar refractivity (Wildman–Crippen MR) is 152 cm³/mol. The summed E-state index contributed by atoms with van der Waals surface area (Å²) in [6.45, 7) is 5.84. The molecule has 1 fully saturated rings. The molecule has 1 aliphatic heterocycles. The number of esters is 1. The first kappa shape index (κ1) is 27.4. The fourth-order valence-electron chi connectivity index (χ4n) is 4.89. The largest absolute Gasteiger partial charge is 0.440 e. The maximum absolute atomic E-state index is 13.5. The van der Waals surface area contributed by atoms with Crippen LogP contribution in [0.25, 0.3) is 11.0 Å². The molecular weight excluding hydrogens is 511 g/mol. The van der Waals surface area contributed by atoms with Gasteiger partial charge in [-0.2, -0.15) is 4.98 Å². The maximum Gasteiger partial charge on any atom is 0.311 e. The fraction of sp³-hybridized carbons (Fsp3) is 0.400. The summed E-state index contributed by atoms with van der Waals surface area (Å²) in [5.74, 6) is 1.16. The van der Waals surface area contributed by atoms with Crippen molar-refractivity contribution >= 4 is 28.9 Å².